The lowest BCUT2D eigenvalue weighted by Crippen LogP contribution is -2.29. The Balaban J connectivity index is 1.08. The largest absolute Gasteiger partial charge is 0.458 e. The molecule has 0 aliphatic heterocycles. The normalized spacial score (nSPS) is 12.2. The van der Waals surface area contributed by atoms with E-state index in [1.807, 2.05) is 6.20 Å². The van der Waals surface area contributed by atoms with Crippen molar-refractivity contribution in [3.63, 3.8) is 0 Å². The number of fused-ring (bicyclic) bond motifs is 3. The minimum Gasteiger partial charge on any atom is -0.458 e. The van der Waals surface area contributed by atoms with E-state index in [2.05, 4.69) is 263 Å². The minimum absolute atomic E-state index is 0.180. The summed E-state index contributed by atoms with van der Waals surface area (Å²) in [6.07, 6.45) is 7.92. The molecule has 0 aliphatic rings. The SMILES string of the molecule is CC(C)(C)c1c[n+](-c2cccc(C(C)(C)c3ccccc3)c2)[c-]n1-c1cc(Oc2ccc3c4ccccc4n(-c4cc(C(C)(C)c5ccccc5)ccn4)c3c2)cc(-c2ccccc2)c1. The van der Waals surface area contributed by atoms with E-state index in [9.17, 15) is 0 Å². The summed E-state index contributed by atoms with van der Waals surface area (Å²) in [6, 6.07) is 66.6. The third kappa shape index (κ3) is 7.82. The lowest BCUT2D eigenvalue weighted by atomic mass is 9.78. The highest BCUT2D eigenvalue weighted by atomic mass is 16.5. The van der Waals surface area contributed by atoms with E-state index in [4.69, 9.17) is 9.72 Å². The zero-order chi connectivity index (χ0) is 44.9. The molecule has 0 saturated heterocycles. The molecule has 0 aliphatic carbocycles. The molecule has 7 aromatic carbocycles. The fraction of sp³-hybridized carbons (Fsp3) is 0.167. The molecule has 0 radical (unpaired) electrons. The quantitative estimate of drug-likeness (QED) is 0.102. The monoisotopic (exact) mass is 846 g/mol. The fourth-order valence-corrected chi connectivity index (χ4v) is 9.21. The van der Waals surface area contributed by atoms with E-state index in [0.29, 0.717) is 0 Å². The van der Waals surface area contributed by atoms with Crippen LogP contribution in [-0.4, -0.2) is 14.1 Å². The van der Waals surface area contributed by atoms with Gasteiger partial charge in [0.1, 0.15) is 17.3 Å². The first kappa shape index (κ1) is 41.5. The van der Waals surface area contributed by atoms with Crippen LogP contribution in [0.4, 0.5) is 0 Å². The summed E-state index contributed by atoms with van der Waals surface area (Å²) < 4.78 is 13.6. The molecule has 0 fully saturated rings. The molecular formula is C60H54N4O. The van der Waals surface area contributed by atoms with Crippen molar-refractivity contribution in [1.29, 1.82) is 0 Å². The molecule has 0 unspecified atom stereocenters. The standard InChI is InChI=1S/C60H54N4O/c1-58(2,3)56-40-62(48-27-19-26-46(36-48)59(4,5)44-22-13-9-14-23-44)41-63(56)49-34-43(42-20-11-8-12-21-42)35-51(38-49)65-50-30-31-53-52-28-17-18-29-54(52)64(55(53)39-50)57-37-47(32-33-61-57)60(6,7)45-24-15-10-16-25-45/h8-40H,1-7H3. The van der Waals surface area contributed by atoms with E-state index >= 15 is 0 Å². The summed E-state index contributed by atoms with van der Waals surface area (Å²) in [5.74, 6) is 2.33. The molecule has 65 heavy (non-hydrogen) atoms. The van der Waals surface area contributed by atoms with Crippen LogP contribution in [0, 0.1) is 6.33 Å². The number of imidazole rings is 1. The summed E-state index contributed by atoms with van der Waals surface area (Å²) in [6.45, 7) is 15.9. The lowest BCUT2D eigenvalue weighted by molar-refractivity contribution is -0.599. The number of para-hydroxylation sites is 1. The van der Waals surface area contributed by atoms with Crippen LogP contribution in [-0.2, 0) is 16.2 Å². The Labute approximate surface area is 382 Å². The zero-order valence-corrected chi connectivity index (χ0v) is 38.2. The summed E-state index contributed by atoms with van der Waals surface area (Å²) >= 11 is 0. The van der Waals surface area contributed by atoms with Gasteiger partial charge in [0, 0.05) is 40.1 Å². The smallest absolute Gasteiger partial charge is 0.269 e. The van der Waals surface area contributed by atoms with Gasteiger partial charge in [-0.15, -0.1) is 0 Å². The second-order valence-corrected chi connectivity index (χ2v) is 19.2. The van der Waals surface area contributed by atoms with Crippen LogP contribution < -0.4 is 9.30 Å². The number of nitrogens with zero attached hydrogens (tertiary/aromatic N) is 4. The second-order valence-electron chi connectivity index (χ2n) is 19.2. The first-order valence-corrected chi connectivity index (χ1v) is 22.5. The first-order valence-electron chi connectivity index (χ1n) is 22.5. The van der Waals surface area contributed by atoms with Crippen LogP contribution in [0.1, 0.15) is 76.4 Å². The Hall–Kier alpha value is -7.50. The van der Waals surface area contributed by atoms with Gasteiger partial charge in [-0.3, -0.25) is 13.7 Å². The molecule has 0 spiro atoms. The number of benzene rings is 7. The highest BCUT2D eigenvalue weighted by molar-refractivity contribution is 6.09. The summed E-state index contributed by atoms with van der Waals surface area (Å²) in [4.78, 5) is 4.99. The predicted molar refractivity (Wildman–Crippen MR) is 266 cm³/mol. The van der Waals surface area contributed by atoms with E-state index in [0.717, 1.165) is 67.3 Å². The van der Waals surface area contributed by atoms with Gasteiger partial charge in [-0.25, -0.2) is 4.98 Å². The van der Waals surface area contributed by atoms with E-state index in [-0.39, 0.29) is 16.2 Å². The van der Waals surface area contributed by atoms with Crippen molar-refractivity contribution in [3.8, 4) is 39.8 Å². The molecule has 5 heteroatoms. The number of hydrogen-bond donors (Lipinski definition) is 0. The van der Waals surface area contributed by atoms with Crippen molar-refractivity contribution < 1.29 is 9.30 Å². The van der Waals surface area contributed by atoms with Gasteiger partial charge in [-0.2, -0.15) is 0 Å². The van der Waals surface area contributed by atoms with Crippen molar-refractivity contribution in [1.82, 2.24) is 14.1 Å². The molecule has 0 N–H and O–H groups in total. The molecule has 0 amide bonds. The molecule has 10 rings (SSSR count). The van der Waals surface area contributed by atoms with Crippen LogP contribution in [0.25, 0.3) is 50.1 Å². The van der Waals surface area contributed by atoms with Crippen LogP contribution in [0.15, 0.2) is 200 Å². The highest BCUT2D eigenvalue weighted by Crippen LogP contribution is 2.39. The van der Waals surface area contributed by atoms with E-state index < -0.39 is 0 Å². The maximum Gasteiger partial charge on any atom is 0.269 e. The van der Waals surface area contributed by atoms with Crippen molar-refractivity contribution >= 4 is 21.8 Å². The fourth-order valence-electron chi connectivity index (χ4n) is 9.21. The predicted octanol–water partition coefficient (Wildman–Crippen LogP) is 14.5. The van der Waals surface area contributed by atoms with Crippen LogP contribution >= 0.6 is 0 Å². The van der Waals surface area contributed by atoms with Gasteiger partial charge in [0.2, 0.25) is 0 Å². The van der Waals surface area contributed by atoms with Crippen LogP contribution in [0.3, 0.4) is 0 Å². The van der Waals surface area contributed by atoms with Crippen molar-refractivity contribution in [3.05, 3.63) is 235 Å². The Morgan fingerprint density at radius 3 is 1.80 bits per heavy atom. The number of pyridine rings is 1. The van der Waals surface area contributed by atoms with E-state index in [1.165, 1.54) is 22.3 Å². The van der Waals surface area contributed by atoms with E-state index in [1.54, 1.807) is 0 Å². The molecule has 5 nitrogen and oxygen atoms in total. The Kier molecular flexibility index (Phi) is 10.4. The van der Waals surface area contributed by atoms with Crippen molar-refractivity contribution in [2.45, 2.75) is 64.7 Å². The lowest BCUT2D eigenvalue weighted by Gasteiger charge is -2.26. The topological polar surface area (TPSA) is 35.9 Å². The van der Waals surface area contributed by atoms with Crippen LogP contribution in [0.5, 0.6) is 11.5 Å². The Morgan fingerprint density at radius 1 is 0.492 bits per heavy atom. The summed E-state index contributed by atoms with van der Waals surface area (Å²) in [5, 5.41) is 2.30. The summed E-state index contributed by atoms with van der Waals surface area (Å²) in [5.41, 5.74) is 11.8. The Bertz CT molecular complexity index is 3320. The third-order valence-corrected chi connectivity index (χ3v) is 13.1. The molecule has 0 saturated carbocycles. The molecular weight excluding hydrogens is 793 g/mol. The molecule has 3 aromatic heterocycles. The minimum atomic E-state index is -0.222. The van der Waals surface area contributed by atoms with Gasteiger partial charge in [-0.05, 0) is 99.5 Å². The van der Waals surface area contributed by atoms with Crippen LogP contribution in [0.2, 0.25) is 0 Å². The molecule has 3 heterocycles. The maximum absolute atomic E-state index is 6.98. The van der Waals surface area contributed by atoms with Gasteiger partial charge < -0.3 is 4.74 Å². The second kappa shape index (κ2) is 16.2. The number of rotatable bonds is 10. The Morgan fingerprint density at radius 2 is 1.11 bits per heavy atom. The molecule has 0 atom stereocenters. The van der Waals surface area contributed by atoms with Gasteiger partial charge >= 0.3 is 0 Å². The summed E-state index contributed by atoms with van der Waals surface area (Å²) in [7, 11) is 0. The molecule has 320 valence electrons. The van der Waals surface area contributed by atoms with Gasteiger partial charge in [-0.1, -0.05) is 170 Å². The average Bonchev–Trinajstić information content (AvgIpc) is 3.94. The van der Waals surface area contributed by atoms with Gasteiger partial charge in [0.25, 0.3) is 6.33 Å². The maximum atomic E-state index is 6.98. The number of aromatic nitrogens is 4. The average molecular weight is 847 g/mol. The first-order chi connectivity index (χ1) is 31.3. The third-order valence-electron chi connectivity index (χ3n) is 13.1. The zero-order valence-electron chi connectivity index (χ0n) is 38.2. The van der Waals surface area contributed by atoms with Crippen molar-refractivity contribution in [2.24, 2.45) is 0 Å². The number of hydrogen-bond acceptors (Lipinski definition) is 2. The van der Waals surface area contributed by atoms with Gasteiger partial charge in [0.05, 0.1) is 28.1 Å². The van der Waals surface area contributed by atoms with Gasteiger partial charge in [0.15, 0.2) is 0 Å². The molecule has 0 bridgehead atoms. The van der Waals surface area contributed by atoms with Crippen molar-refractivity contribution in [2.75, 3.05) is 0 Å². The number of ether oxygens (including phenoxy) is 1. The highest BCUT2D eigenvalue weighted by Gasteiger charge is 2.27. The molecule has 10 aromatic rings.